The lowest BCUT2D eigenvalue weighted by Gasteiger charge is -2.44. The first-order chi connectivity index (χ1) is 31.0. The first kappa shape index (κ1) is 42.7. The summed E-state index contributed by atoms with van der Waals surface area (Å²) in [4.78, 5) is 23.5. The van der Waals surface area contributed by atoms with Gasteiger partial charge in [-0.05, 0) is 136 Å². The van der Waals surface area contributed by atoms with Crippen LogP contribution >= 0.6 is 0 Å². The van der Waals surface area contributed by atoms with Crippen LogP contribution in [0.1, 0.15) is 110 Å². The van der Waals surface area contributed by atoms with Gasteiger partial charge < -0.3 is 24.2 Å². The number of nitrogens with zero attached hydrogens (tertiary/aromatic N) is 4. The quantitative estimate of drug-likeness (QED) is 0.152. The molecule has 7 aliphatic rings. The predicted octanol–water partition coefficient (Wildman–Crippen LogP) is 8.81. The lowest BCUT2D eigenvalue weighted by atomic mass is 9.86. The molecule has 2 saturated carbocycles. The number of piperidine rings is 2. The molecule has 11 rings (SSSR count). The number of carbonyl (C=O) groups is 1. The zero-order valence-electron chi connectivity index (χ0n) is 37.5. The molecular formula is C54H68N4O5. The van der Waals surface area contributed by atoms with Crippen molar-refractivity contribution in [2.75, 3.05) is 60.2 Å². The highest BCUT2D eigenvalue weighted by Gasteiger charge is 2.67. The average Bonchev–Trinajstić information content (AvgIpc) is 4.28. The molecule has 2 aliphatic carbocycles. The molecule has 4 aromatic rings. The van der Waals surface area contributed by atoms with Crippen LogP contribution in [0.15, 0.2) is 109 Å². The minimum atomic E-state index is -0.436. The third kappa shape index (κ3) is 8.33. The lowest BCUT2D eigenvalue weighted by Crippen LogP contribution is -2.58. The van der Waals surface area contributed by atoms with Crippen LogP contribution in [0.2, 0.25) is 0 Å². The molecule has 0 bridgehead atoms. The van der Waals surface area contributed by atoms with Gasteiger partial charge in [0.15, 0.2) is 5.72 Å². The second-order valence-corrected chi connectivity index (χ2v) is 19.4. The van der Waals surface area contributed by atoms with Crippen LogP contribution in [-0.4, -0.2) is 115 Å². The minimum absolute atomic E-state index is 0.0421. The number of amides is 1. The van der Waals surface area contributed by atoms with Crippen LogP contribution in [0.25, 0.3) is 0 Å². The molecule has 6 atom stereocenters. The van der Waals surface area contributed by atoms with Crippen molar-refractivity contribution in [2.24, 2.45) is 11.8 Å². The van der Waals surface area contributed by atoms with E-state index in [2.05, 4.69) is 117 Å². The number of para-hydroxylation sites is 2. The van der Waals surface area contributed by atoms with E-state index in [1.54, 1.807) is 14.2 Å². The Morgan fingerprint density at radius 3 is 1.78 bits per heavy atom. The summed E-state index contributed by atoms with van der Waals surface area (Å²) in [5.74, 6) is 4.68. The number of methoxy groups -OCH3 is 2. The number of ether oxygens (including phenoxy) is 3. The Labute approximate surface area is 375 Å². The highest BCUT2D eigenvalue weighted by molar-refractivity contribution is 5.82. The Balaban J connectivity index is 0.000000150. The van der Waals surface area contributed by atoms with Crippen molar-refractivity contribution in [3.8, 4) is 11.5 Å². The van der Waals surface area contributed by atoms with Crippen LogP contribution in [-0.2, 0) is 9.53 Å². The number of fused-ring (bicyclic) bond motifs is 1. The Morgan fingerprint density at radius 2 is 1.22 bits per heavy atom. The van der Waals surface area contributed by atoms with Crippen LogP contribution in [0.3, 0.4) is 0 Å². The number of carbonyl (C=O) groups excluding carboxylic acids is 1. The van der Waals surface area contributed by atoms with Gasteiger partial charge in [0, 0.05) is 31.0 Å². The molecule has 334 valence electrons. The molecule has 7 fully saturated rings. The summed E-state index contributed by atoms with van der Waals surface area (Å²) >= 11 is 0. The number of benzene rings is 4. The summed E-state index contributed by atoms with van der Waals surface area (Å²) in [5.41, 5.74) is 4.71. The zero-order valence-corrected chi connectivity index (χ0v) is 37.5. The maximum Gasteiger partial charge on any atom is 0.227 e. The van der Waals surface area contributed by atoms with E-state index in [-0.39, 0.29) is 30.6 Å². The standard InChI is InChI=1S/C27H32N2O3.C27H36N2O2/c1-31-24-10-6-5-9-22(24)19-13-15-28(16-14-19)25-17-26(30)29-23(20-7-3-2-4-8-20)18-32-27(25,29)21-11-12-21;1-31-26-10-6-5-9-23(26)20-13-16-28(17-14-20)24-15-18-29(27(24)22-11-12-22)25(19-30)21-7-3-2-4-8-21/h2-10,19,21,23,25H,11-18H2,1H3;2-10,20,22,24-25,27,30H,11-19H2,1H3/t23-,25-,27-;24-,25-,27?/m11/s1. The summed E-state index contributed by atoms with van der Waals surface area (Å²) in [6.45, 7) is 6.25. The number of hydrogen-bond acceptors (Lipinski definition) is 8. The number of aliphatic hydroxyl groups is 1. The second-order valence-electron chi connectivity index (χ2n) is 19.4. The van der Waals surface area contributed by atoms with Gasteiger partial charge in [0.2, 0.25) is 5.91 Å². The molecule has 1 N–H and O–H groups in total. The predicted molar refractivity (Wildman–Crippen MR) is 247 cm³/mol. The molecule has 9 heteroatoms. The molecule has 1 amide bonds. The van der Waals surface area contributed by atoms with Crippen LogP contribution < -0.4 is 9.47 Å². The van der Waals surface area contributed by atoms with Gasteiger partial charge in [-0.25, -0.2) is 0 Å². The summed E-state index contributed by atoms with van der Waals surface area (Å²) in [6.07, 6.45) is 11.4. The van der Waals surface area contributed by atoms with E-state index in [4.69, 9.17) is 14.2 Å². The number of likely N-dealkylation sites (tertiary alicyclic amines) is 3. The number of rotatable bonds is 12. The van der Waals surface area contributed by atoms with Crippen molar-refractivity contribution in [1.82, 2.24) is 19.6 Å². The van der Waals surface area contributed by atoms with Gasteiger partial charge in [-0.3, -0.25) is 19.5 Å². The van der Waals surface area contributed by atoms with Gasteiger partial charge >= 0.3 is 0 Å². The van der Waals surface area contributed by atoms with E-state index in [0.29, 0.717) is 42.9 Å². The van der Waals surface area contributed by atoms with Crippen molar-refractivity contribution in [2.45, 2.75) is 112 Å². The molecular weight excluding hydrogens is 785 g/mol. The minimum Gasteiger partial charge on any atom is -0.496 e. The zero-order chi connectivity index (χ0) is 42.9. The topological polar surface area (TPSA) is 78.0 Å². The SMILES string of the molecule is COc1ccccc1C1CCN([C@@H]2CC(=O)N3[C@@H](c4ccccc4)CO[C@]23C2CC2)CC1.COc1ccccc1C1CCN([C@@H]2CCN([C@H](CO)c3ccccc3)C2C2CC2)CC1. The van der Waals surface area contributed by atoms with Crippen molar-refractivity contribution < 1.29 is 24.1 Å². The van der Waals surface area contributed by atoms with Crippen LogP contribution in [0.5, 0.6) is 11.5 Å². The molecule has 4 aromatic carbocycles. The third-order valence-electron chi connectivity index (χ3n) is 16.1. The van der Waals surface area contributed by atoms with E-state index >= 15 is 0 Å². The maximum atomic E-state index is 13.4. The van der Waals surface area contributed by atoms with E-state index < -0.39 is 5.72 Å². The Kier molecular flexibility index (Phi) is 12.7. The first-order valence-electron chi connectivity index (χ1n) is 24.2. The summed E-state index contributed by atoms with van der Waals surface area (Å²) < 4.78 is 17.9. The Hall–Kier alpha value is -4.25. The third-order valence-corrected chi connectivity index (χ3v) is 16.1. The van der Waals surface area contributed by atoms with Crippen molar-refractivity contribution in [3.63, 3.8) is 0 Å². The van der Waals surface area contributed by atoms with E-state index in [9.17, 15) is 9.90 Å². The molecule has 0 radical (unpaired) electrons. The summed E-state index contributed by atoms with van der Waals surface area (Å²) in [5, 5.41) is 10.3. The Morgan fingerprint density at radius 1 is 0.667 bits per heavy atom. The van der Waals surface area contributed by atoms with Crippen molar-refractivity contribution in [3.05, 3.63) is 131 Å². The molecule has 1 unspecified atom stereocenters. The smallest absolute Gasteiger partial charge is 0.227 e. The normalized spacial score (nSPS) is 29.0. The average molecular weight is 853 g/mol. The van der Waals surface area contributed by atoms with E-state index in [0.717, 1.165) is 49.9 Å². The largest absolute Gasteiger partial charge is 0.496 e. The molecule has 63 heavy (non-hydrogen) atoms. The van der Waals surface area contributed by atoms with Gasteiger partial charge in [0.25, 0.3) is 0 Å². The first-order valence-corrected chi connectivity index (χ1v) is 24.2. The molecule has 5 heterocycles. The molecule has 5 aliphatic heterocycles. The number of aliphatic hydroxyl groups excluding tert-OH is 1. The molecule has 0 aromatic heterocycles. The Bertz CT molecular complexity index is 2130. The van der Waals surface area contributed by atoms with E-state index in [1.807, 2.05) is 12.1 Å². The summed E-state index contributed by atoms with van der Waals surface area (Å²) in [7, 11) is 3.54. The van der Waals surface area contributed by atoms with Crippen molar-refractivity contribution >= 4 is 5.91 Å². The molecule has 0 spiro atoms. The summed E-state index contributed by atoms with van der Waals surface area (Å²) in [6, 6.07) is 39.5. The fourth-order valence-corrected chi connectivity index (χ4v) is 12.8. The molecule has 5 saturated heterocycles. The van der Waals surface area contributed by atoms with Gasteiger partial charge in [0.05, 0.1) is 45.6 Å². The second kappa shape index (κ2) is 18.7. The molecule has 9 nitrogen and oxygen atoms in total. The highest BCUT2D eigenvalue weighted by atomic mass is 16.5. The van der Waals surface area contributed by atoms with Gasteiger partial charge in [-0.2, -0.15) is 0 Å². The number of hydrogen-bond donors (Lipinski definition) is 1. The highest BCUT2D eigenvalue weighted by Crippen LogP contribution is 2.58. The maximum absolute atomic E-state index is 13.4. The lowest BCUT2D eigenvalue weighted by molar-refractivity contribution is -0.149. The van der Waals surface area contributed by atoms with Gasteiger partial charge in [-0.1, -0.05) is 97.1 Å². The fraction of sp³-hybridized carbons (Fsp3) is 0.537. The van der Waals surface area contributed by atoms with Crippen LogP contribution in [0.4, 0.5) is 0 Å². The fourth-order valence-electron chi connectivity index (χ4n) is 12.8. The monoisotopic (exact) mass is 853 g/mol. The van der Waals surface area contributed by atoms with Crippen molar-refractivity contribution in [1.29, 1.82) is 0 Å². The van der Waals surface area contributed by atoms with Gasteiger partial charge in [0.1, 0.15) is 11.5 Å². The van der Waals surface area contributed by atoms with Gasteiger partial charge in [-0.15, -0.1) is 0 Å². The van der Waals surface area contributed by atoms with E-state index in [1.165, 1.54) is 80.3 Å². The van der Waals surface area contributed by atoms with Crippen LogP contribution in [0, 0.1) is 11.8 Å².